The number of methoxy groups -OCH3 is 2. The lowest BCUT2D eigenvalue weighted by atomic mass is 9.95. The van der Waals surface area contributed by atoms with Crippen molar-refractivity contribution in [2.75, 3.05) is 20.8 Å². The first kappa shape index (κ1) is 18.5. The summed E-state index contributed by atoms with van der Waals surface area (Å²) in [6, 6.07) is 5.77. The first-order valence-electron chi connectivity index (χ1n) is 8.67. The van der Waals surface area contributed by atoms with Crippen molar-refractivity contribution >= 4 is 5.97 Å². The molecule has 0 bridgehead atoms. The summed E-state index contributed by atoms with van der Waals surface area (Å²) >= 11 is 0. The van der Waals surface area contributed by atoms with E-state index in [1.165, 1.54) is 0 Å². The van der Waals surface area contributed by atoms with Gasteiger partial charge in [0.1, 0.15) is 17.4 Å². The third kappa shape index (κ3) is 4.38. The van der Waals surface area contributed by atoms with Crippen molar-refractivity contribution < 1.29 is 19.0 Å². The molecule has 2 atom stereocenters. The summed E-state index contributed by atoms with van der Waals surface area (Å²) in [6.07, 6.45) is 5.81. The summed E-state index contributed by atoms with van der Waals surface area (Å²) in [5.41, 5.74) is 2.67. The lowest BCUT2D eigenvalue weighted by Gasteiger charge is -2.24. The summed E-state index contributed by atoms with van der Waals surface area (Å²) in [6.45, 7) is 4.79. The Hall–Kier alpha value is -1.81. The maximum absolute atomic E-state index is 12.7. The minimum atomic E-state index is -0.328. The lowest BCUT2D eigenvalue weighted by molar-refractivity contribution is 0.0311. The molecule has 1 aromatic carbocycles. The molecule has 2 rings (SSSR count). The second-order valence-electron chi connectivity index (χ2n) is 6.31. The molecule has 0 amide bonds. The number of carbonyl (C=O) groups is 1. The van der Waals surface area contributed by atoms with Gasteiger partial charge >= 0.3 is 5.97 Å². The number of allylic oxidation sites excluding steroid dienone is 1. The van der Waals surface area contributed by atoms with Crippen molar-refractivity contribution in [3.05, 3.63) is 41.0 Å². The maximum atomic E-state index is 12.7. The Morgan fingerprint density at radius 3 is 2.79 bits per heavy atom. The molecule has 2 unspecified atom stereocenters. The van der Waals surface area contributed by atoms with E-state index in [1.807, 2.05) is 18.2 Å². The second-order valence-corrected chi connectivity index (χ2v) is 6.31. The molecule has 1 aliphatic carbocycles. The predicted molar refractivity (Wildman–Crippen MR) is 94.7 cm³/mol. The van der Waals surface area contributed by atoms with Gasteiger partial charge in [-0.3, -0.25) is 0 Å². The van der Waals surface area contributed by atoms with Gasteiger partial charge in [0.15, 0.2) is 0 Å². The van der Waals surface area contributed by atoms with Gasteiger partial charge in [-0.15, -0.1) is 0 Å². The van der Waals surface area contributed by atoms with Gasteiger partial charge in [-0.1, -0.05) is 26.0 Å². The van der Waals surface area contributed by atoms with E-state index in [0.29, 0.717) is 23.8 Å². The van der Waals surface area contributed by atoms with Gasteiger partial charge in [0.2, 0.25) is 0 Å². The molecule has 24 heavy (non-hydrogen) atoms. The normalized spacial score (nSPS) is 18.7. The fourth-order valence-electron chi connectivity index (χ4n) is 2.98. The van der Waals surface area contributed by atoms with Crippen LogP contribution in [0.3, 0.4) is 0 Å². The molecular weight excluding hydrogens is 304 g/mol. The van der Waals surface area contributed by atoms with Crippen LogP contribution < -0.4 is 4.74 Å². The topological polar surface area (TPSA) is 44.8 Å². The van der Waals surface area contributed by atoms with Crippen LogP contribution in [0.15, 0.2) is 29.8 Å². The summed E-state index contributed by atoms with van der Waals surface area (Å²) in [7, 11) is 3.23. The second kappa shape index (κ2) is 8.88. The quantitative estimate of drug-likeness (QED) is 0.545. The minimum absolute atomic E-state index is 0.205. The number of benzene rings is 1. The Kier molecular flexibility index (Phi) is 6.85. The van der Waals surface area contributed by atoms with E-state index in [1.54, 1.807) is 14.2 Å². The van der Waals surface area contributed by atoms with Crippen LogP contribution in [-0.4, -0.2) is 32.9 Å². The monoisotopic (exact) mass is 332 g/mol. The average molecular weight is 332 g/mol. The van der Waals surface area contributed by atoms with Crippen LogP contribution in [-0.2, 0) is 9.47 Å². The molecule has 1 aromatic rings. The number of carbonyl (C=O) groups excluding carboxylic acids is 1. The Morgan fingerprint density at radius 1 is 1.33 bits per heavy atom. The molecular formula is C20H28O4. The van der Waals surface area contributed by atoms with Crippen molar-refractivity contribution in [3.8, 4) is 5.75 Å². The number of ether oxygens (including phenoxy) is 3. The van der Waals surface area contributed by atoms with Gasteiger partial charge in [0, 0.05) is 7.11 Å². The zero-order valence-corrected chi connectivity index (χ0v) is 15.1. The Labute approximate surface area is 144 Å². The van der Waals surface area contributed by atoms with Gasteiger partial charge in [-0.2, -0.15) is 0 Å². The molecule has 0 saturated heterocycles. The Morgan fingerprint density at radius 2 is 2.12 bits per heavy atom. The van der Waals surface area contributed by atoms with Crippen LogP contribution >= 0.6 is 0 Å². The smallest absolute Gasteiger partial charge is 0.342 e. The van der Waals surface area contributed by atoms with E-state index < -0.39 is 0 Å². The van der Waals surface area contributed by atoms with Crippen molar-refractivity contribution in [2.24, 2.45) is 0 Å². The largest absolute Gasteiger partial charge is 0.496 e. The standard InChI is InChI=1S/C20H28O4/c1-5-14(2)15-10-11-19(23-4)17(12-15)20(21)24-18-9-7-6-8-16(18)13-22-3/h8,10-12,14,18H,5-7,9,13H2,1-4H3. The highest BCUT2D eigenvalue weighted by Crippen LogP contribution is 2.29. The molecule has 4 nitrogen and oxygen atoms in total. The lowest BCUT2D eigenvalue weighted by Crippen LogP contribution is -2.25. The molecule has 132 valence electrons. The van der Waals surface area contributed by atoms with Gasteiger partial charge in [0.05, 0.1) is 13.7 Å². The Balaban J connectivity index is 2.21. The number of hydrogen-bond acceptors (Lipinski definition) is 4. The third-order valence-electron chi connectivity index (χ3n) is 4.68. The molecule has 0 N–H and O–H groups in total. The van der Waals surface area contributed by atoms with E-state index in [4.69, 9.17) is 14.2 Å². The molecule has 0 heterocycles. The highest BCUT2D eigenvalue weighted by Gasteiger charge is 2.24. The van der Waals surface area contributed by atoms with E-state index >= 15 is 0 Å². The first-order valence-corrected chi connectivity index (χ1v) is 8.67. The van der Waals surface area contributed by atoms with Crippen molar-refractivity contribution in [1.82, 2.24) is 0 Å². The molecule has 0 spiro atoms. The van der Waals surface area contributed by atoms with E-state index in [0.717, 1.165) is 36.8 Å². The van der Waals surface area contributed by atoms with Gasteiger partial charge in [0.25, 0.3) is 0 Å². The molecule has 0 fully saturated rings. The number of hydrogen-bond donors (Lipinski definition) is 0. The highest BCUT2D eigenvalue weighted by molar-refractivity contribution is 5.93. The summed E-state index contributed by atoms with van der Waals surface area (Å²) in [5, 5.41) is 0. The zero-order valence-electron chi connectivity index (χ0n) is 15.1. The van der Waals surface area contributed by atoms with Crippen molar-refractivity contribution in [1.29, 1.82) is 0 Å². The fraction of sp³-hybridized carbons (Fsp3) is 0.550. The Bertz CT molecular complexity index is 591. The average Bonchev–Trinajstić information content (AvgIpc) is 2.62. The predicted octanol–water partition coefficient (Wildman–Crippen LogP) is 4.49. The van der Waals surface area contributed by atoms with Crippen LogP contribution in [0.5, 0.6) is 5.75 Å². The van der Waals surface area contributed by atoms with Crippen LogP contribution in [0.1, 0.15) is 61.4 Å². The molecule has 0 aromatic heterocycles. The van der Waals surface area contributed by atoms with Crippen molar-refractivity contribution in [3.63, 3.8) is 0 Å². The fourth-order valence-corrected chi connectivity index (χ4v) is 2.98. The van der Waals surface area contributed by atoms with Crippen LogP contribution in [0, 0.1) is 0 Å². The third-order valence-corrected chi connectivity index (χ3v) is 4.68. The zero-order chi connectivity index (χ0) is 17.5. The van der Waals surface area contributed by atoms with Crippen molar-refractivity contribution in [2.45, 2.75) is 51.6 Å². The van der Waals surface area contributed by atoms with Gasteiger partial charge in [-0.05, 0) is 54.9 Å². The summed E-state index contributed by atoms with van der Waals surface area (Å²) in [4.78, 5) is 12.7. The van der Waals surface area contributed by atoms with Crippen LogP contribution in [0.2, 0.25) is 0 Å². The molecule has 4 heteroatoms. The SMILES string of the molecule is CCC(C)c1ccc(OC)c(C(=O)OC2CCCC=C2COC)c1. The first-order chi connectivity index (χ1) is 11.6. The minimum Gasteiger partial charge on any atom is -0.496 e. The number of esters is 1. The molecule has 0 radical (unpaired) electrons. The van der Waals surface area contributed by atoms with E-state index in [-0.39, 0.29) is 12.1 Å². The molecule has 0 saturated carbocycles. The maximum Gasteiger partial charge on any atom is 0.342 e. The highest BCUT2D eigenvalue weighted by atomic mass is 16.5. The van der Waals surface area contributed by atoms with Gasteiger partial charge < -0.3 is 14.2 Å². The van der Waals surface area contributed by atoms with Crippen LogP contribution in [0.4, 0.5) is 0 Å². The van der Waals surface area contributed by atoms with E-state index in [9.17, 15) is 4.79 Å². The van der Waals surface area contributed by atoms with Crippen LogP contribution in [0.25, 0.3) is 0 Å². The van der Waals surface area contributed by atoms with Gasteiger partial charge in [-0.25, -0.2) is 4.79 Å². The van der Waals surface area contributed by atoms with E-state index in [2.05, 4.69) is 19.9 Å². The number of rotatable bonds is 7. The summed E-state index contributed by atoms with van der Waals surface area (Å²) < 4.78 is 16.4. The summed E-state index contributed by atoms with van der Waals surface area (Å²) in [5.74, 6) is 0.618. The molecule has 1 aliphatic rings. The molecule has 0 aliphatic heterocycles.